The Morgan fingerprint density at radius 3 is 2.54 bits per heavy atom. The molecule has 1 N–H and O–H groups in total. The van der Waals surface area contributed by atoms with Gasteiger partial charge in [-0.3, -0.25) is 0 Å². The van der Waals surface area contributed by atoms with Crippen molar-refractivity contribution in [1.29, 1.82) is 0 Å². The molecule has 0 fully saturated rings. The normalized spacial score (nSPS) is 10.8. The van der Waals surface area contributed by atoms with Crippen LogP contribution in [0.2, 0.25) is 5.02 Å². The molecule has 0 unspecified atom stereocenters. The predicted molar refractivity (Wildman–Crippen MR) is 58.3 cm³/mol. The third-order valence-corrected chi connectivity index (χ3v) is 2.46. The molecule has 0 spiro atoms. The Labute approximate surface area is 85.1 Å². The molecule has 0 saturated heterocycles. The summed E-state index contributed by atoms with van der Waals surface area (Å²) in [4.78, 5) is 0. The number of halogens is 1. The number of hydrogen-bond acceptors (Lipinski definition) is 1. The van der Waals surface area contributed by atoms with Crippen LogP contribution in [0.25, 0.3) is 0 Å². The third kappa shape index (κ3) is 2.71. The third-order valence-electron chi connectivity index (χ3n) is 2.11. The number of rotatable bonds is 3. The summed E-state index contributed by atoms with van der Waals surface area (Å²) in [7, 11) is 1.92. The van der Waals surface area contributed by atoms with Crippen LogP contribution in [0.5, 0.6) is 0 Å². The van der Waals surface area contributed by atoms with E-state index in [9.17, 15) is 0 Å². The van der Waals surface area contributed by atoms with E-state index in [2.05, 4.69) is 37.4 Å². The molecular weight excluding hydrogens is 182 g/mol. The average molecular weight is 198 g/mol. The fourth-order valence-electron chi connectivity index (χ4n) is 1.26. The summed E-state index contributed by atoms with van der Waals surface area (Å²) in [5, 5.41) is 3.95. The molecule has 1 aromatic carbocycles. The molecule has 0 heterocycles. The molecule has 1 rings (SSSR count). The molecule has 0 atom stereocenters. The Bertz CT molecular complexity index is 281. The van der Waals surface area contributed by atoms with Crippen molar-refractivity contribution in [1.82, 2.24) is 5.32 Å². The van der Waals surface area contributed by atoms with E-state index in [0.29, 0.717) is 5.92 Å². The molecule has 1 nitrogen and oxygen atoms in total. The van der Waals surface area contributed by atoms with Gasteiger partial charge in [0.25, 0.3) is 0 Å². The molecule has 1 aromatic rings. The summed E-state index contributed by atoms with van der Waals surface area (Å²) < 4.78 is 0. The Balaban J connectivity index is 2.92. The van der Waals surface area contributed by atoms with E-state index in [1.165, 1.54) is 5.56 Å². The van der Waals surface area contributed by atoms with Gasteiger partial charge in [-0.05, 0) is 30.2 Å². The standard InChI is InChI=1S/C11H16ClN/c1-8(2)9-4-5-10(7-13-3)11(12)6-9/h4-6,8,13H,7H2,1-3H3. The summed E-state index contributed by atoms with van der Waals surface area (Å²) in [5.41, 5.74) is 2.46. The van der Waals surface area contributed by atoms with E-state index >= 15 is 0 Å². The maximum atomic E-state index is 6.11. The van der Waals surface area contributed by atoms with Gasteiger partial charge in [0.1, 0.15) is 0 Å². The summed E-state index contributed by atoms with van der Waals surface area (Å²) in [6.45, 7) is 5.17. The van der Waals surface area contributed by atoms with Crippen LogP contribution < -0.4 is 5.32 Å². The van der Waals surface area contributed by atoms with Gasteiger partial charge >= 0.3 is 0 Å². The highest BCUT2D eigenvalue weighted by Gasteiger charge is 2.03. The lowest BCUT2D eigenvalue weighted by Crippen LogP contribution is -2.05. The summed E-state index contributed by atoms with van der Waals surface area (Å²) in [5.74, 6) is 0.543. The van der Waals surface area contributed by atoms with Crippen LogP contribution in [-0.2, 0) is 6.54 Å². The molecule has 0 aliphatic rings. The van der Waals surface area contributed by atoms with Crippen LogP contribution >= 0.6 is 11.6 Å². The zero-order chi connectivity index (χ0) is 9.84. The minimum atomic E-state index is 0.543. The van der Waals surface area contributed by atoms with Crippen molar-refractivity contribution in [3.8, 4) is 0 Å². The number of nitrogens with one attached hydrogen (secondary N) is 1. The smallest absolute Gasteiger partial charge is 0.0453 e. The zero-order valence-corrected chi connectivity index (χ0v) is 9.15. The molecule has 13 heavy (non-hydrogen) atoms. The van der Waals surface area contributed by atoms with Gasteiger partial charge in [0, 0.05) is 11.6 Å². The van der Waals surface area contributed by atoms with Gasteiger partial charge in [0.15, 0.2) is 0 Å². The molecule has 0 aliphatic heterocycles. The summed E-state index contributed by atoms with van der Waals surface area (Å²) in [6.07, 6.45) is 0. The molecule has 0 aliphatic carbocycles. The van der Waals surface area contributed by atoms with Crippen molar-refractivity contribution in [3.63, 3.8) is 0 Å². The summed E-state index contributed by atoms with van der Waals surface area (Å²) in [6, 6.07) is 6.29. The SMILES string of the molecule is CNCc1ccc(C(C)C)cc1Cl. The molecule has 0 radical (unpaired) electrons. The van der Waals surface area contributed by atoms with E-state index < -0.39 is 0 Å². The first kappa shape index (κ1) is 10.6. The highest BCUT2D eigenvalue weighted by Crippen LogP contribution is 2.22. The highest BCUT2D eigenvalue weighted by atomic mass is 35.5. The van der Waals surface area contributed by atoms with Crippen LogP contribution in [-0.4, -0.2) is 7.05 Å². The minimum absolute atomic E-state index is 0.543. The van der Waals surface area contributed by atoms with Gasteiger partial charge in [-0.15, -0.1) is 0 Å². The molecule has 0 saturated carbocycles. The van der Waals surface area contributed by atoms with E-state index in [4.69, 9.17) is 11.6 Å². The van der Waals surface area contributed by atoms with E-state index in [-0.39, 0.29) is 0 Å². The van der Waals surface area contributed by atoms with Gasteiger partial charge in [0.05, 0.1) is 0 Å². The first-order valence-electron chi connectivity index (χ1n) is 4.58. The Hall–Kier alpha value is -0.530. The predicted octanol–water partition coefficient (Wildman–Crippen LogP) is 3.18. The van der Waals surface area contributed by atoms with Crippen molar-refractivity contribution < 1.29 is 0 Å². The monoisotopic (exact) mass is 197 g/mol. The maximum Gasteiger partial charge on any atom is 0.0453 e. The van der Waals surface area contributed by atoms with Crippen LogP contribution in [0.15, 0.2) is 18.2 Å². The molecular formula is C11H16ClN. The topological polar surface area (TPSA) is 12.0 Å². The first-order chi connectivity index (χ1) is 6.15. The van der Waals surface area contributed by atoms with Gasteiger partial charge in [-0.2, -0.15) is 0 Å². The van der Waals surface area contributed by atoms with Gasteiger partial charge in [0.2, 0.25) is 0 Å². The van der Waals surface area contributed by atoms with Crippen LogP contribution in [0.1, 0.15) is 30.9 Å². The van der Waals surface area contributed by atoms with Gasteiger partial charge in [-0.1, -0.05) is 37.6 Å². The van der Waals surface area contributed by atoms with E-state index in [0.717, 1.165) is 17.1 Å². The second kappa shape index (κ2) is 4.64. The van der Waals surface area contributed by atoms with Crippen LogP contribution in [0.3, 0.4) is 0 Å². The highest BCUT2D eigenvalue weighted by molar-refractivity contribution is 6.31. The Kier molecular flexibility index (Phi) is 3.76. The van der Waals surface area contributed by atoms with Crippen LogP contribution in [0.4, 0.5) is 0 Å². The van der Waals surface area contributed by atoms with Crippen molar-refractivity contribution in [2.45, 2.75) is 26.3 Å². The zero-order valence-electron chi connectivity index (χ0n) is 8.39. The fraction of sp³-hybridized carbons (Fsp3) is 0.455. The second-order valence-corrected chi connectivity index (χ2v) is 3.94. The van der Waals surface area contributed by atoms with Crippen molar-refractivity contribution >= 4 is 11.6 Å². The Morgan fingerprint density at radius 2 is 2.08 bits per heavy atom. The molecule has 0 bridgehead atoms. The molecule has 72 valence electrons. The first-order valence-corrected chi connectivity index (χ1v) is 4.96. The maximum absolute atomic E-state index is 6.11. The largest absolute Gasteiger partial charge is 0.316 e. The second-order valence-electron chi connectivity index (χ2n) is 3.54. The van der Waals surface area contributed by atoms with Crippen LogP contribution in [0, 0.1) is 0 Å². The van der Waals surface area contributed by atoms with Crippen molar-refractivity contribution in [2.24, 2.45) is 0 Å². The lowest BCUT2D eigenvalue weighted by Gasteiger charge is -2.08. The lowest BCUT2D eigenvalue weighted by atomic mass is 10.0. The van der Waals surface area contributed by atoms with E-state index in [1.807, 2.05) is 7.05 Å². The minimum Gasteiger partial charge on any atom is -0.316 e. The number of hydrogen-bond donors (Lipinski definition) is 1. The van der Waals surface area contributed by atoms with Crippen molar-refractivity contribution in [2.75, 3.05) is 7.05 Å². The van der Waals surface area contributed by atoms with E-state index in [1.54, 1.807) is 0 Å². The summed E-state index contributed by atoms with van der Waals surface area (Å²) >= 11 is 6.11. The molecule has 0 aromatic heterocycles. The van der Waals surface area contributed by atoms with Gasteiger partial charge < -0.3 is 5.32 Å². The lowest BCUT2D eigenvalue weighted by molar-refractivity contribution is 0.813. The molecule has 2 heteroatoms. The molecule has 0 amide bonds. The fourth-order valence-corrected chi connectivity index (χ4v) is 1.51. The quantitative estimate of drug-likeness (QED) is 0.785. The van der Waals surface area contributed by atoms with Gasteiger partial charge in [-0.25, -0.2) is 0 Å². The van der Waals surface area contributed by atoms with Crippen molar-refractivity contribution in [3.05, 3.63) is 34.3 Å². The Morgan fingerprint density at radius 1 is 1.38 bits per heavy atom. The average Bonchev–Trinajstić information content (AvgIpc) is 2.08. The number of benzene rings is 1.